The van der Waals surface area contributed by atoms with Crippen molar-refractivity contribution in [1.29, 1.82) is 0 Å². The average molecular weight is 560 g/mol. The van der Waals surface area contributed by atoms with Crippen molar-refractivity contribution in [2.75, 3.05) is 51.6 Å². The molecule has 0 bridgehead atoms. The third-order valence-corrected chi connectivity index (χ3v) is 8.50. The SMILES string of the molecule is CNc1ccc(C(=O)N2CCC(N3CCN(C(=O)c4cc(-c5ccccc5)nc(-c5ccccc5)c4)CC3)CC2)cc1. The summed E-state index contributed by atoms with van der Waals surface area (Å²) in [5, 5.41) is 3.09. The minimum Gasteiger partial charge on any atom is -0.388 e. The lowest BCUT2D eigenvalue weighted by Crippen LogP contribution is -2.54. The van der Waals surface area contributed by atoms with Crippen LogP contribution < -0.4 is 5.32 Å². The van der Waals surface area contributed by atoms with Gasteiger partial charge >= 0.3 is 0 Å². The maximum Gasteiger partial charge on any atom is 0.254 e. The van der Waals surface area contributed by atoms with Gasteiger partial charge in [-0.3, -0.25) is 14.5 Å². The first kappa shape index (κ1) is 27.7. The number of rotatable bonds is 6. The van der Waals surface area contributed by atoms with Crippen molar-refractivity contribution in [3.63, 3.8) is 0 Å². The van der Waals surface area contributed by atoms with Crippen LogP contribution in [0.2, 0.25) is 0 Å². The Kier molecular flexibility index (Phi) is 8.28. The van der Waals surface area contributed by atoms with Crippen molar-refractivity contribution in [1.82, 2.24) is 19.7 Å². The molecule has 2 aliphatic rings. The number of likely N-dealkylation sites (tertiary alicyclic amines) is 1. The molecule has 0 saturated carbocycles. The third-order valence-electron chi connectivity index (χ3n) is 8.50. The van der Waals surface area contributed by atoms with Gasteiger partial charge in [0.25, 0.3) is 11.8 Å². The minimum atomic E-state index is 0.0520. The highest BCUT2D eigenvalue weighted by atomic mass is 16.2. The molecule has 7 heteroatoms. The largest absolute Gasteiger partial charge is 0.388 e. The van der Waals surface area contributed by atoms with Crippen LogP contribution in [0, 0.1) is 0 Å². The number of pyridine rings is 1. The van der Waals surface area contributed by atoms with Crippen LogP contribution in [0.25, 0.3) is 22.5 Å². The molecule has 0 atom stereocenters. The molecule has 3 heterocycles. The molecule has 1 N–H and O–H groups in total. The highest BCUT2D eigenvalue weighted by Crippen LogP contribution is 2.27. The van der Waals surface area contributed by atoms with E-state index in [1.54, 1.807) is 0 Å². The first-order chi connectivity index (χ1) is 20.6. The molecule has 0 radical (unpaired) electrons. The standard InChI is InChI=1S/C35H37N5O2/c1-36-30-14-12-28(13-15-30)34(41)39-18-16-31(17-19-39)38-20-22-40(23-21-38)35(42)29-24-32(26-8-4-2-5-9-26)37-33(25-29)27-10-6-3-7-11-27/h2-15,24-25,31,36H,16-23H2,1H3. The zero-order chi connectivity index (χ0) is 28.9. The van der Waals surface area contributed by atoms with Gasteiger partial charge in [-0.2, -0.15) is 0 Å². The van der Waals surface area contributed by atoms with Crippen LogP contribution in [0.3, 0.4) is 0 Å². The van der Waals surface area contributed by atoms with E-state index in [2.05, 4.69) is 10.2 Å². The van der Waals surface area contributed by atoms with Gasteiger partial charge in [0, 0.05) is 80.3 Å². The highest BCUT2D eigenvalue weighted by Gasteiger charge is 2.31. The number of carbonyl (C=O) groups excluding carboxylic acids is 2. The Morgan fingerprint density at radius 3 is 1.67 bits per heavy atom. The Labute approximate surface area is 247 Å². The highest BCUT2D eigenvalue weighted by molar-refractivity contribution is 5.96. The van der Waals surface area contributed by atoms with Crippen LogP contribution in [-0.4, -0.2) is 83.9 Å². The fourth-order valence-corrected chi connectivity index (χ4v) is 6.04. The monoisotopic (exact) mass is 559 g/mol. The van der Waals surface area contributed by atoms with Crippen LogP contribution in [0.15, 0.2) is 97.1 Å². The lowest BCUT2D eigenvalue weighted by atomic mass is 10.0. The molecule has 4 aromatic rings. The van der Waals surface area contributed by atoms with Crippen LogP contribution in [0.4, 0.5) is 5.69 Å². The molecule has 2 aliphatic heterocycles. The molecule has 0 spiro atoms. The quantitative estimate of drug-likeness (QED) is 0.337. The molecule has 2 amide bonds. The molecular weight excluding hydrogens is 522 g/mol. The van der Waals surface area contributed by atoms with Gasteiger partial charge in [-0.1, -0.05) is 60.7 Å². The summed E-state index contributed by atoms with van der Waals surface area (Å²) in [6.45, 7) is 4.60. The number of hydrogen-bond acceptors (Lipinski definition) is 5. The molecule has 0 unspecified atom stereocenters. The molecule has 2 saturated heterocycles. The Morgan fingerprint density at radius 1 is 0.643 bits per heavy atom. The molecule has 3 aromatic carbocycles. The summed E-state index contributed by atoms with van der Waals surface area (Å²) in [4.78, 5) is 38.1. The number of nitrogens with one attached hydrogen (secondary N) is 1. The number of piperazine rings is 1. The number of piperidine rings is 1. The van der Waals surface area contributed by atoms with Crippen LogP contribution in [-0.2, 0) is 0 Å². The van der Waals surface area contributed by atoms with Crippen molar-refractivity contribution in [3.05, 3.63) is 108 Å². The number of benzene rings is 3. The Bertz CT molecular complexity index is 1450. The maximum atomic E-state index is 13.8. The Balaban J connectivity index is 1.09. The second-order valence-corrected chi connectivity index (χ2v) is 11.0. The number of amides is 2. The number of anilines is 1. The maximum absolute atomic E-state index is 13.8. The average Bonchev–Trinajstić information content (AvgIpc) is 3.08. The molecule has 1 aromatic heterocycles. The first-order valence-electron chi connectivity index (χ1n) is 14.8. The van der Waals surface area contributed by atoms with E-state index in [0.717, 1.165) is 72.8 Å². The first-order valence-corrected chi connectivity index (χ1v) is 14.8. The lowest BCUT2D eigenvalue weighted by Gasteiger charge is -2.42. The van der Waals surface area contributed by atoms with Crippen molar-refractivity contribution < 1.29 is 9.59 Å². The van der Waals surface area contributed by atoms with Gasteiger partial charge in [-0.25, -0.2) is 4.98 Å². The zero-order valence-electron chi connectivity index (χ0n) is 24.1. The van der Waals surface area contributed by atoms with Gasteiger partial charge in [-0.05, 0) is 49.2 Å². The number of carbonyl (C=O) groups is 2. The van der Waals surface area contributed by atoms with Crippen molar-refractivity contribution in [2.24, 2.45) is 0 Å². The fourth-order valence-electron chi connectivity index (χ4n) is 6.04. The molecule has 0 aliphatic carbocycles. The number of hydrogen-bond donors (Lipinski definition) is 1. The van der Waals surface area contributed by atoms with Gasteiger partial charge < -0.3 is 15.1 Å². The second-order valence-electron chi connectivity index (χ2n) is 11.0. The molecule has 6 rings (SSSR count). The van der Waals surface area contributed by atoms with E-state index in [1.165, 1.54) is 0 Å². The van der Waals surface area contributed by atoms with E-state index in [9.17, 15) is 9.59 Å². The van der Waals surface area contributed by atoms with Gasteiger partial charge in [0.2, 0.25) is 0 Å². The molecule has 2 fully saturated rings. The topological polar surface area (TPSA) is 68.8 Å². The summed E-state index contributed by atoms with van der Waals surface area (Å²) >= 11 is 0. The molecule has 42 heavy (non-hydrogen) atoms. The summed E-state index contributed by atoms with van der Waals surface area (Å²) in [6, 6.07) is 32.0. The zero-order valence-corrected chi connectivity index (χ0v) is 24.1. The van der Waals surface area contributed by atoms with Crippen LogP contribution >= 0.6 is 0 Å². The number of aromatic nitrogens is 1. The molecule has 214 valence electrons. The lowest BCUT2D eigenvalue weighted by molar-refractivity contribution is 0.0412. The fraction of sp³-hybridized carbons (Fsp3) is 0.286. The normalized spacial score (nSPS) is 16.3. The Morgan fingerprint density at radius 2 is 1.14 bits per heavy atom. The summed E-state index contributed by atoms with van der Waals surface area (Å²) in [5.74, 6) is 0.157. The van der Waals surface area contributed by atoms with E-state index in [-0.39, 0.29) is 11.8 Å². The predicted molar refractivity (Wildman–Crippen MR) is 167 cm³/mol. The summed E-state index contributed by atoms with van der Waals surface area (Å²) in [6.07, 6.45) is 1.92. The Hall–Kier alpha value is -4.49. The minimum absolute atomic E-state index is 0.0520. The summed E-state index contributed by atoms with van der Waals surface area (Å²) < 4.78 is 0. The van der Waals surface area contributed by atoms with E-state index < -0.39 is 0 Å². The third kappa shape index (κ3) is 6.06. The van der Waals surface area contributed by atoms with Crippen molar-refractivity contribution in [2.45, 2.75) is 18.9 Å². The number of nitrogens with zero attached hydrogens (tertiary/aromatic N) is 4. The van der Waals surface area contributed by atoms with E-state index >= 15 is 0 Å². The van der Waals surface area contributed by atoms with Gasteiger partial charge in [0.05, 0.1) is 11.4 Å². The van der Waals surface area contributed by atoms with Crippen LogP contribution in [0.1, 0.15) is 33.6 Å². The summed E-state index contributed by atoms with van der Waals surface area (Å²) in [7, 11) is 1.88. The van der Waals surface area contributed by atoms with Gasteiger partial charge in [-0.15, -0.1) is 0 Å². The van der Waals surface area contributed by atoms with Gasteiger partial charge in [0.15, 0.2) is 0 Å². The van der Waals surface area contributed by atoms with E-state index in [0.29, 0.717) is 24.7 Å². The van der Waals surface area contributed by atoms with Crippen LogP contribution in [0.5, 0.6) is 0 Å². The second kappa shape index (κ2) is 12.6. The van der Waals surface area contributed by atoms with E-state index in [4.69, 9.17) is 4.98 Å². The van der Waals surface area contributed by atoms with Crippen molar-refractivity contribution >= 4 is 17.5 Å². The summed E-state index contributed by atoms with van der Waals surface area (Å²) in [5.41, 5.74) is 6.01. The predicted octanol–water partition coefficient (Wildman–Crippen LogP) is 5.52. The van der Waals surface area contributed by atoms with Crippen molar-refractivity contribution in [3.8, 4) is 22.5 Å². The van der Waals surface area contributed by atoms with Gasteiger partial charge in [0.1, 0.15) is 0 Å². The molecular formula is C35H37N5O2. The smallest absolute Gasteiger partial charge is 0.254 e. The van der Waals surface area contributed by atoms with E-state index in [1.807, 2.05) is 114 Å². The molecule has 7 nitrogen and oxygen atoms in total.